The summed E-state index contributed by atoms with van der Waals surface area (Å²) in [7, 11) is 2.05. The van der Waals surface area contributed by atoms with Gasteiger partial charge in [-0.3, -0.25) is 0 Å². The maximum Gasteiger partial charge on any atom is 0.0205 e. The SMILES string of the molecule is CNCC1(CNCc2ccc3cc(C)ccc3c2)CC1. The van der Waals surface area contributed by atoms with Crippen molar-refractivity contribution in [2.24, 2.45) is 5.41 Å². The zero-order valence-electron chi connectivity index (χ0n) is 12.5. The number of hydrogen-bond acceptors (Lipinski definition) is 2. The number of hydrogen-bond donors (Lipinski definition) is 2. The fourth-order valence-electron chi connectivity index (χ4n) is 2.96. The molecule has 0 aliphatic heterocycles. The average molecular weight is 268 g/mol. The van der Waals surface area contributed by atoms with Gasteiger partial charge < -0.3 is 10.6 Å². The summed E-state index contributed by atoms with van der Waals surface area (Å²) < 4.78 is 0. The molecule has 2 aromatic carbocycles. The minimum Gasteiger partial charge on any atom is -0.319 e. The van der Waals surface area contributed by atoms with Crippen LogP contribution < -0.4 is 10.6 Å². The molecule has 0 bridgehead atoms. The quantitative estimate of drug-likeness (QED) is 0.840. The third kappa shape index (κ3) is 3.02. The van der Waals surface area contributed by atoms with Crippen LogP contribution in [0.1, 0.15) is 24.0 Å². The van der Waals surface area contributed by atoms with E-state index in [0.29, 0.717) is 5.41 Å². The maximum absolute atomic E-state index is 3.63. The molecule has 1 fully saturated rings. The van der Waals surface area contributed by atoms with Crippen LogP contribution in [0.5, 0.6) is 0 Å². The summed E-state index contributed by atoms with van der Waals surface area (Å²) in [4.78, 5) is 0. The lowest BCUT2D eigenvalue weighted by Crippen LogP contribution is -2.31. The fraction of sp³-hybridized carbons (Fsp3) is 0.444. The first-order valence-electron chi connectivity index (χ1n) is 7.55. The second kappa shape index (κ2) is 5.55. The van der Waals surface area contributed by atoms with Gasteiger partial charge in [0.15, 0.2) is 0 Å². The minimum absolute atomic E-state index is 0.530. The molecule has 2 aromatic rings. The monoisotopic (exact) mass is 268 g/mol. The summed E-state index contributed by atoms with van der Waals surface area (Å²) >= 11 is 0. The van der Waals surface area contributed by atoms with E-state index in [0.717, 1.165) is 19.6 Å². The zero-order chi connectivity index (χ0) is 14.0. The average Bonchev–Trinajstić information content (AvgIpc) is 3.19. The molecule has 2 heteroatoms. The molecule has 1 aliphatic carbocycles. The smallest absolute Gasteiger partial charge is 0.0205 e. The first kappa shape index (κ1) is 13.6. The molecular weight excluding hydrogens is 244 g/mol. The number of fused-ring (bicyclic) bond motifs is 1. The maximum atomic E-state index is 3.63. The van der Waals surface area contributed by atoms with E-state index < -0.39 is 0 Å². The Hall–Kier alpha value is -1.38. The Morgan fingerprint density at radius 1 is 1.00 bits per heavy atom. The van der Waals surface area contributed by atoms with Crippen molar-refractivity contribution in [3.63, 3.8) is 0 Å². The molecule has 0 aromatic heterocycles. The number of rotatable bonds is 6. The van der Waals surface area contributed by atoms with Gasteiger partial charge in [0, 0.05) is 19.6 Å². The molecular formula is C18H24N2. The molecule has 3 rings (SSSR count). The Bertz CT molecular complexity index is 599. The van der Waals surface area contributed by atoms with E-state index in [4.69, 9.17) is 0 Å². The molecule has 2 nitrogen and oxygen atoms in total. The van der Waals surface area contributed by atoms with Crippen molar-refractivity contribution in [1.82, 2.24) is 10.6 Å². The van der Waals surface area contributed by atoms with Crippen LogP contribution in [-0.4, -0.2) is 20.1 Å². The summed E-state index contributed by atoms with van der Waals surface area (Å²) in [5.74, 6) is 0. The summed E-state index contributed by atoms with van der Waals surface area (Å²) in [6.07, 6.45) is 2.72. The van der Waals surface area contributed by atoms with E-state index in [9.17, 15) is 0 Å². The van der Waals surface area contributed by atoms with Crippen molar-refractivity contribution in [3.8, 4) is 0 Å². The van der Waals surface area contributed by atoms with Crippen molar-refractivity contribution >= 4 is 10.8 Å². The van der Waals surface area contributed by atoms with E-state index in [1.165, 1.54) is 34.7 Å². The zero-order valence-corrected chi connectivity index (χ0v) is 12.5. The molecule has 0 spiro atoms. The molecule has 2 N–H and O–H groups in total. The molecule has 106 valence electrons. The number of benzene rings is 2. The van der Waals surface area contributed by atoms with Crippen LogP contribution in [-0.2, 0) is 6.54 Å². The molecule has 0 saturated heterocycles. The molecule has 0 unspecified atom stereocenters. The summed E-state index contributed by atoms with van der Waals surface area (Å²) in [5.41, 5.74) is 3.23. The second-order valence-electron chi connectivity index (χ2n) is 6.32. The van der Waals surface area contributed by atoms with Gasteiger partial charge in [-0.15, -0.1) is 0 Å². The highest BCUT2D eigenvalue weighted by molar-refractivity contribution is 5.83. The van der Waals surface area contributed by atoms with Crippen molar-refractivity contribution in [3.05, 3.63) is 47.5 Å². The molecule has 0 amide bonds. The highest BCUT2D eigenvalue weighted by Crippen LogP contribution is 2.44. The van der Waals surface area contributed by atoms with E-state index in [1.54, 1.807) is 0 Å². The van der Waals surface area contributed by atoms with E-state index in [1.807, 2.05) is 7.05 Å². The Morgan fingerprint density at radius 2 is 1.75 bits per heavy atom. The Morgan fingerprint density at radius 3 is 2.50 bits per heavy atom. The van der Waals surface area contributed by atoms with Gasteiger partial charge in [-0.25, -0.2) is 0 Å². The summed E-state index contributed by atoms with van der Waals surface area (Å²) in [5, 5.41) is 9.61. The van der Waals surface area contributed by atoms with Gasteiger partial charge in [0.2, 0.25) is 0 Å². The molecule has 1 aliphatic rings. The number of nitrogens with one attached hydrogen (secondary N) is 2. The molecule has 0 radical (unpaired) electrons. The van der Waals surface area contributed by atoms with Crippen LogP contribution >= 0.6 is 0 Å². The van der Waals surface area contributed by atoms with Gasteiger partial charge >= 0.3 is 0 Å². The first-order chi connectivity index (χ1) is 9.71. The van der Waals surface area contributed by atoms with Crippen molar-refractivity contribution in [2.75, 3.05) is 20.1 Å². The van der Waals surface area contributed by atoms with Crippen LogP contribution in [0.15, 0.2) is 36.4 Å². The van der Waals surface area contributed by atoms with Gasteiger partial charge in [-0.1, -0.05) is 35.9 Å². The van der Waals surface area contributed by atoms with Gasteiger partial charge in [0.1, 0.15) is 0 Å². The largest absolute Gasteiger partial charge is 0.319 e. The lowest BCUT2D eigenvalue weighted by atomic mass is 10.0. The Labute approximate surface area is 121 Å². The Balaban J connectivity index is 1.62. The van der Waals surface area contributed by atoms with Gasteiger partial charge in [-0.05, 0) is 54.6 Å². The van der Waals surface area contributed by atoms with Crippen molar-refractivity contribution in [1.29, 1.82) is 0 Å². The lowest BCUT2D eigenvalue weighted by molar-refractivity contribution is 0.439. The van der Waals surface area contributed by atoms with Crippen LogP contribution in [0.2, 0.25) is 0 Å². The Kier molecular flexibility index (Phi) is 3.77. The molecule has 1 saturated carbocycles. The van der Waals surface area contributed by atoms with E-state index in [-0.39, 0.29) is 0 Å². The summed E-state index contributed by atoms with van der Waals surface area (Å²) in [6, 6.07) is 13.4. The van der Waals surface area contributed by atoms with E-state index >= 15 is 0 Å². The predicted molar refractivity (Wildman–Crippen MR) is 86.0 cm³/mol. The van der Waals surface area contributed by atoms with Crippen LogP contribution in [0.25, 0.3) is 10.8 Å². The summed E-state index contributed by atoms with van der Waals surface area (Å²) in [6.45, 7) is 5.37. The molecule has 0 atom stereocenters. The van der Waals surface area contributed by atoms with E-state index in [2.05, 4.69) is 54.0 Å². The number of aryl methyl sites for hydroxylation is 1. The topological polar surface area (TPSA) is 24.1 Å². The van der Waals surface area contributed by atoms with Gasteiger partial charge in [0.05, 0.1) is 0 Å². The van der Waals surface area contributed by atoms with Crippen molar-refractivity contribution in [2.45, 2.75) is 26.3 Å². The van der Waals surface area contributed by atoms with Gasteiger partial charge in [0.25, 0.3) is 0 Å². The predicted octanol–water partition coefficient (Wildman–Crippen LogP) is 3.24. The first-order valence-corrected chi connectivity index (χ1v) is 7.55. The van der Waals surface area contributed by atoms with Crippen LogP contribution in [0.4, 0.5) is 0 Å². The highest BCUT2D eigenvalue weighted by Gasteiger charge is 2.41. The van der Waals surface area contributed by atoms with Crippen LogP contribution in [0, 0.1) is 12.3 Å². The highest BCUT2D eigenvalue weighted by atomic mass is 14.9. The fourth-order valence-corrected chi connectivity index (χ4v) is 2.96. The lowest BCUT2D eigenvalue weighted by Gasteiger charge is -2.15. The standard InChI is InChI=1S/C18H24N2/c1-14-3-5-17-10-15(4-6-16(17)9-14)11-20-13-18(7-8-18)12-19-2/h3-6,9-10,19-20H,7-8,11-13H2,1-2H3. The minimum atomic E-state index is 0.530. The normalized spacial score (nSPS) is 16.5. The third-order valence-electron chi connectivity index (χ3n) is 4.40. The third-order valence-corrected chi connectivity index (χ3v) is 4.40. The van der Waals surface area contributed by atoms with Crippen LogP contribution in [0.3, 0.4) is 0 Å². The van der Waals surface area contributed by atoms with Crippen molar-refractivity contribution < 1.29 is 0 Å². The molecule has 20 heavy (non-hydrogen) atoms. The van der Waals surface area contributed by atoms with Gasteiger partial charge in [-0.2, -0.15) is 0 Å². The molecule has 0 heterocycles. The second-order valence-corrected chi connectivity index (χ2v) is 6.32.